The monoisotopic (exact) mass is 480 g/mol. The summed E-state index contributed by atoms with van der Waals surface area (Å²) in [5, 5.41) is -3.16. The summed E-state index contributed by atoms with van der Waals surface area (Å²) in [5.41, 5.74) is -3.68. The van der Waals surface area contributed by atoms with Crippen LogP contribution in [0.5, 0.6) is 0 Å². The molecule has 2 aromatic heterocycles. The van der Waals surface area contributed by atoms with Crippen LogP contribution in [0.4, 0.5) is 0 Å². The highest BCUT2D eigenvalue weighted by atomic mass is 16.3. The first-order chi connectivity index (χ1) is 26.2. The first-order valence-corrected chi connectivity index (χ1v) is 10.6. The van der Waals surface area contributed by atoms with Gasteiger partial charge >= 0.3 is 0 Å². The van der Waals surface area contributed by atoms with Crippen molar-refractivity contribution >= 4 is 54.5 Å². The van der Waals surface area contributed by atoms with E-state index in [1.807, 2.05) is 0 Å². The Morgan fingerprint density at radius 2 is 1.06 bits per heavy atom. The second kappa shape index (κ2) is 7.34. The minimum absolute atomic E-state index is 0.261. The highest BCUT2D eigenvalue weighted by molar-refractivity contribution is 6.22. The molecule has 8 rings (SSSR count). The fraction of sp³-hybridized carbons (Fsp3) is 0. The van der Waals surface area contributed by atoms with Gasteiger partial charge in [-0.3, -0.25) is 0 Å². The van der Waals surface area contributed by atoms with Crippen molar-refractivity contribution in [3.63, 3.8) is 0 Å². The lowest BCUT2D eigenvalue weighted by molar-refractivity contribution is 0.616. The van der Waals surface area contributed by atoms with E-state index in [0.29, 0.717) is 0 Å². The van der Waals surface area contributed by atoms with Crippen LogP contribution >= 0.6 is 0 Å². The van der Waals surface area contributed by atoms with Crippen LogP contribution in [-0.2, 0) is 0 Å². The van der Waals surface area contributed by atoms with Crippen LogP contribution in [0.2, 0.25) is 0 Å². The summed E-state index contributed by atoms with van der Waals surface area (Å²) in [4.78, 5) is 0. The summed E-state index contributed by atoms with van der Waals surface area (Å²) in [6, 6.07) is -15.0. The molecule has 2 heteroatoms. The molecule has 0 aliphatic rings. The molecule has 0 unspecified atom stereocenters. The van der Waals surface area contributed by atoms with Crippen LogP contribution in [0.15, 0.2) is 130 Å². The summed E-state index contributed by atoms with van der Waals surface area (Å²) in [5.74, 6) is 0. The Hall–Kier alpha value is -4.82. The lowest BCUT2D eigenvalue weighted by atomic mass is 9.86. The molecular weight excluding hydrogens is 440 g/mol. The molecule has 0 fully saturated rings. The Bertz CT molecular complexity index is 3090. The van der Waals surface area contributed by atoms with E-state index in [2.05, 4.69) is 0 Å². The van der Waals surface area contributed by atoms with E-state index in [-0.39, 0.29) is 21.7 Å². The first kappa shape index (κ1) is 8.39. The van der Waals surface area contributed by atoms with Gasteiger partial charge in [-0.25, -0.2) is 0 Å². The molecule has 6 aromatic carbocycles. The van der Waals surface area contributed by atoms with E-state index in [4.69, 9.17) is 33.5 Å². The molecule has 0 atom stereocenters. The van der Waals surface area contributed by atoms with Crippen molar-refractivity contribution in [1.29, 1.82) is 0 Å². The van der Waals surface area contributed by atoms with E-state index >= 15 is 0 Å². The zero-order valence-corrected chi connectivity index (χ0v) is 17.8. The molecule has 0 bridgehead atoms. The van der Waals surface area contributed by atoms with Crippen LogP contribution in [0.25, 0.3) is 76.7 Å². The summed E-state index contributed by atoms with van der Waals surface area (Å²) in [6.45, 7) is 0. The predicted octanol–water partition coefficient (Wildman–Crippen LogP) is 9.97. The maximum absolute atomic E-state index is 9.44. The molecule has 0 radical (unpaired) electrons. The van der Waals surface area contributed by atoms with Crippen molar-refractivity contribution in [2.75, 3.05) is 0 Å². The highest BCUT2D eigenvalue weighted by Gasteiger charge is 2.17. The smallest absolute Gasteiger partial charge is 0.136 e. The van der Waals surface area contributed by atoms with Gasteiger partial charge in [-0.1, -0.05) is 84.6 Å². The average molecular weight is 481 g/mol. The minimum Gasteiger partial charge on any atom is -0.464 e. The SMILES string of the molecule is [2H]c1oc2c([2H])c3c(oc4c([2H])c(-c5c6c([2H])c([2H])c([2H])c([2H])c6c(-c6c([2H])c([2H])c([2H])c([2H])c6[2H])c6c([2H])c([2H])c([2H])c([2H])c56)c([2H])c([2H])c43)c([2H])c2c1[2H]. The van der Waals surface area contributed by atoms with Crippen molar-refractivity contribution in [2.24, 2.45) is 0 Å². The molecule has 0 amide bonds. The van der Waals surface area contributed by atoms with E-state index < -0.39 is 176 Å². The Morgan fingerprint density at radius 1 is 0.444 bits per heavy atom. The van der Waals surface area contributed by atoms with Crippen molar-refractivity contribution < 1.29 is 36.2 Å². The lowest BCUT2D eigenvalue weighted by Gasteiger charge is -2.17. The summed E-state index contributed by atoms with van der Waals surface area (Å²) < 4.78 is 186. The van der Waals surface area contributed by atoms with E-state index in [1.165, 1.54) is 0 Å². The van der Waals surface area contributed by atoms with Crippen LogP contribution in [0, 0.1) is 0 Å². The molecule has 0 saturated carbocycles. The van der Waals surface area contributed by atoms with Gasteiger partial charge in [0, 0.05) is 16.2 Å². The quantitative estimate of drug-likeness (QED) is 0.230. The second-order valence-corrected chi connectivity index (χ2v) is 7.79. The molecule has 0 spiro atoms. The Balaban J connectivity index is 1.71. The standard InChI is InChI=1S/C34H20O2/c1-2-8-21(9-3-1)33-25-10-4-6-12-27(25)34(28-13-7-5-11-26(28)33)23-14-15-24-29-20-30-22(16-17-35-30)18-32(29)36-31(24)19-23/h1-20H/i1D,2D,3D,4D,5D,6D,7D,8D,9D,10D,11D,12D,13D,14D,15D,16D,17D,18D,19D,20D. The van der Waals surface area contributed by atoms with Gasteiger partial charge in [0.25, 0.3) is 0 Å². The van der Waals surface area contributed by atoms with Gasteiger partial charge in [-0.2, -0.15) is 0 Å². The third-order valence-corrected chi connectivity index (χ3v) is 5.87. The van der Waals surface area contributed by atoms with E-state index in [9.17, 15) is 2.74 Å². The van der Waals surface area contributed by atoms with Gasteiger partial charge in [0.15, 0.2) is 0 Å². The van der Waals surface area contributed by atoms with Gasteiger partial charge in [0.1, 0.15) is 18.1 Å². The van der Waals surface area contributed by atoms with E-state index in [1.54, 1.807) is 0 Å². The summed E-state index contributed by atoms with van der Waals surface area (Å²) in [6.07, 6.45) is -0.644. The topological polar surface area (TPSA) is 26.3 Å². The number of hydrogen-bond donors (Lipinski definition) is 0. The van der Waals surface area contributed by atoms with Crippen molar-refractivity contribution in [1.82, 2.24) is 0 Å². The van der Waals surface area contributed by atoms with Crippen molar-refractivity contribution in [3.05, 3.63) is 121 Å². The Morgan fingerprint density at radius 3 is 1.75 bits per heavy atom. The number of furan rings is 2. The number of fused-ring (bicyclic) bond motifs is 6. The first-order valence-electron chi connectivity index (χ1n) is 20.6. The van der Waals surface area contributed by atoms with Crippen LogP contribution in [0.3, 0.4) is 0 Å². The Labute approximate surface area is 235 Å². The second-order valence-electron chi connectivity index (χ2n) is 7.79. The summed E-state index contributed by atoms with van der Waals surface area (Å²) in [7, 11) is 0. The number of rotatable bonds is 2. The zero-order chi connectivity index (χ0) is 41.0. The van der Waals surface area contributed by atoms with Crippen LogP contribution in [0.1, 0.15) is 27.4 Å². The third-order valence-electron chi connectivity index (χ3n) is 5.87. The van der Waals surface area contributed by atoms with Gasteiger partial charge in [0.2, 0.25) is 0 Å². The molecule has 8 aromatic rings. The zero-order valence-electron chi connectivity index (χ0n) is 37.8. The van der Waals surface area contributed by atoms with Gasteiger partial charge < -0.3 is 8.83 Å². The predicted molar refractivity (Wildman–Crippen MR) is 149 cm³/mol. The summed E-state index contributed by atoms with van der Waals surface area (Å²) >= 11 is 0. The van der Waals surface area contributed by atoms with Crippen LogP contribution in [-0.4, -0.2) is 0 Å². The molecule has 2 heterocycles. The minimum atomic E-state index is -0.870. The van der Waals surface area contributed by atoms with Crippen molar-refractivity contribution in [3.8, 4) is 22.3 Å². The fourth-order valence-electron chi connectivity index (χ4n) is 4.38. The maximum atomic E-state index is 9.44. The third kappa shape index (κ3) is 2.73. The molecule has 0 N–H and O–H groups in total. The van der Waals surface area contributed by atoms with E-state index in [0.717, 1.165) is 0 Å². The molecule has 0 aliphatic heterocycles. The maximum Gasteiger partial charge on any atom is 0.136 e. The van der Waals surface area contributed by atoms with Gasteiger partial charge in [-0.05, 0) is 74.0 Å². The number of benzene rings is 6. The van der Waals surface area contributed by atoms with Gasteiger partial charge in [0.05, 0.1) is 32.3 Å². The normalized spacial score (nSPS) is 19.7. The van der Waals surface area contributed by atoms with Gasteiger partial charge in [-0.15, -0.1) is 0 Å². The lowest BCUT2D eigenvalue weighted by Crippen LogP contribution is -1.90. The Kier molecular flexibility index (Phi) is 1.71. The average Bonchev–Trinajstić information content (AvgIpc) is 3.72. The molecule has 168 valence electrons. The highest BCUT2D eigenvalue weighted by Crippen LogP contribution is 2.44. The molecule has 0 saturated heterocycles. The number of hydrogen-bond acceptors (Lipinski definition) is 2. The van der Waals surface area contributed by atoms with Crippen LogP contribution < -0.4 is 0 Å². The fourth-order valence-corrected chi connectivity index (χ4v) is 4.38. The van der Waals surface area contributed by atoms with Crippen molar-refractivity contribution in [2.45, 2.75) is 0 Å². The molecule has 2 nitrogen and oxygen atoms in total. The molecular formula is C34H20O2. The molecule has 0 aliphatic carbocycles. The molecule has 36 heavy (non-hydrogen) atoms. The largest absolute Gasteiger partial charge is 0.464 e.